The molecule has 19 heavy (non-hydrogen) atoms. The number of furan rings is 1. The minimum atomic E-state index is 0.468. The molecule has 102 valence electrons. The molecule has 0 saturated heterocycles. The molecule has 1 aliphatic carbocycles. The van der Waals surface area contributed by atoms with Gasteiger partial charge in [-0.25, -0.2) is 0 Å². The fourth-order valence-corrected chi connectivity index (χ4v) is 3.16. The maximum Gasteiger partial charge on any atom is 0.138 e. The van der Waals surface area contributed by atoms with E-state index in [-0.39, 0.29) is 0 Å². The lowest BCUT2D eigenvalue weighted by Crippen LogP contribution is -2.15. The van der Waals surface area contributed by atoms with Crippen LogP contribution in [0.2, 0.25) is 0 Å². The second-order valence-electron chi connectivity index (χ2n) is 5.82. The maximum absolute atomic E-state index is 6.16. The van der Waals surface area contributed by atoms with Gasteiger partial charge < -0.3 is 9.73 Å². The van der Waals surface area contributed by atoms with Gasteiger partial charge in [-0.3, -0.25) is 0 Å². The molecule has 2 nitrogen and oxygen atoms in total. The van der Waals surface area contributed by atoms with Crippen molar-refractivity contribution in [3.8, 4) is 0 Å². The zero-order valence-electron chi connectivity index (χ0n) is 11.7. The highest BCUT2D eigenvalue weighted by Crippen LogP contribution is 2.38. The van der Waals surface area contributed by atoms with E-state index in [2.05, 4.69) is 54.2 Å². The van der Waals surface area contributed by atoms with Crippen molar-refractivity contribution in [2.75, 3.05) is 0 Å². The molecule has 0 radical (unpaired) electrons. The Balaban J connectivity index is 2.11. The molecule has 0 unspecified atom stereocenters. The number of fused-ring (bicyclic) bond motifs is 1. The largest absolute Gasteiger partial charge is 0.459 e. The highest BCUT2D eigenvalue weighted by atomic mass is 79.9. The van der Waals surface area contributed by atoms with Gasteiger partial charge in [0.1, 0.15) is 11.3 Å². The minimum absolute atomic E-state index is 0.468. The van der Waals surface area contributed by atoms with Crippen molar-refractivity contribution in [1.29, 1.82) is 0 Å². The van der Waals surface area contributed by atoms with E-state index in [1.54, 1.807) is 0 Å². The van der Waals surface area contributed by atoms with Crippen molar-refractivity contribution in [3.63, 3.8) is 0 Å². The van der Waals surface area contributed by atoms with Gasteiger partial charge in [0.25, 0.3) is 0 Å². The summed E-state index contributed by atoms with van der Waals surface area (Å²) >= 11 is 3.68. The quantitative estimate of drug-likeness (QED) is 0.868. The number of aryl methyl sites for hydroxylation is 1. The molecule has 0 amide bonds. The second kappa shape index (κ2) is 4.95. The zero-order chi connectivity index (χ0) is 13.6. The molecule has 0 aliphatic heterocycles. The third kappa shape index (κ3) is 2.46. The molecular weight excluding hydrogens is 302 g/mol. The van der Waals surface area contributed by atoms with Crippen LogP contribution in [0.15, 0.2) is 21.0 Å². The van der Waals surface area contributed by atoms with Gasteiger partial charge in [-0.15, -0.1) is 0 Å². The van der Waals surface area contributed by atoms with Crippen LogP contribution in [-0.2, 0) is 6.54 Å². The molecule has 1 saturated carbocycles. The Morgan fingerprint density at radius 1 is 1.37 bits per heavy atom. The highest BCUT2D eigenvalue weighted by molar-refractivity contribution is 9.10. The SMILES string of the molecule is Cc1ccc(Br)c2c(C(C)C)c(CNC3CC3)oc12. The molecule has 0 bridgehead atoms. The van der Waals surface area contributed by atoms with Crippen molar-refractivity contribution < 1.29 is 4.42 Å². The summed E-state index contributed by atoms with van der Waals surface area (Å²) in [6, 6.07) is 4.94. The first-order valence-electron chi connectivity index (χ1n) is 7.01. The summed E-state index contributed by atoms with van der Waals surface area (Å²) in [6.07, 6.45) is 2.61. The number of hydrogen-bond acceptors (Lipinski definition) is 2. The van der Waals surface area contributed by atoms with Crippen LogP contribution in [0.5, 0.6) is 0 Å². The van der Waals surface area contributed by atoms with Gasteiger partial charge in [-0.05, 0) is 37.3 Å². The molecule has 1 aromatic carbocycles. The summed E-state index contributed by atoms with van der Waals surface area (Å²) in [5, 5.41) is 4.81. The fraction of sp³-hybridized carbons (Fsp3) is 0.500. The van der Waals surface area contributed by atoms with E-state index in [1.165, 1.54) is 29.4 Å². The number of hydrogen-bond donors (Lipinski definition) is 1. The lowest BCUT2D eigenvalue weighted by Gasteiger charge is -2.08. The Bertz CT molecular complexity index is 611. The van der Waals surface area contributed by atoms with E-state index < -0.39 is 0 Å². The predicted octanol–water partition coefficient (Wildman–Crippen LogP) is 4.88. The third-order valence-electron chi connectivity index (χ3n) is 3.80. The van der Waals surface area contributed by atoms with Crippen molar-refractivity contribution >= 4 is 26.9 Å². The lowest BCUT2D eigenvalue weighted by atomic mass is 9.98. The average Bonchev–Trinajstić information content (AvgIpc) is 3.10. The van der Waals surface area contributed by atoms with Crippen LogP contribution in [-0.4, -0.2) is 6.04 Å². The third-order valence-corrected chi connectivity index (χ3v) is 4.47. The summed E-state index contributed by atoms with van der Waals surface area (Å²) in [6.45, 7) is 7.43. The van der Waals surface area contributed by atoms with Gasteiger partial charge in [-0.2, -0.15) is 0 Å². The van der Waals surface area contributed by atoms with E-state index in [1.807, 2.05) is 0 Å². The van der Waals surface area contributed by atoms with Crippen LogP contribution < -0.4 is 5.32 Å². The van der Waals surface area contributed by atoms with Crippen molar-refractivity contribution in [2.24, 2.45) is 0 Å². The topological polar surface area (TPSA) is 25.2 Å². The number of benzene rings is 1. The Morgan fingerprint density at radius 2 is 2.11 bits per heavy atom. The molecule has 2 aromatic rings. The van der Waals surface area contributed by atoms with Crippen LogP contribution in [0.3, 0.4) is 0 Å². The smallest absolute Gasteiger partial charge is 0.138 e. The standard InChI is InChI=1S/C16H20BrNO/c1-9(2)14-13(8-18-11-5-6-11)19-16-10(3)4-7-12(17)15(14)16/h4,7,9,11,18H,5-6,8H2,1-3H3. The molecule has 3 rings (SSSR count). The van der Waals surface area contributed by atoms with Crippen LogP contribution in [0.4, 0.5) is 0 Å². The first kappa shape index (κ1) is 13.2. The van der Waals surface area contributed by atoms with Crippen molar-refractivity contribution in [1.82, 2.24) is 5.32 Å². The van der Waals surface area contributed by atoms with Gasteiger partial charge in [0.15, 0.2) is 0 Å². The van der Waals surface area contributed by atoms with Crippen LogP contribution in [0.1, 0.15) is 49.5 Å². The number of halogens is 1. The van der Waals surface area contributed by atoms with Crippen LogP contribution >= 0.6 is 15.9 Å². The van der Waals surface area contributed by atoms with E-state index >= 15 is 0 Å². The minimum Gasteiger partial charge on any atom is -0.459 e. The Morgan fingerprint density at radius 3 is 2.74 bits per heavy atom. The maximum atomic E-state index is 6.16. The average molecular weight is 322 g/mol. The van der Waals surface area contributed by atoms with E-state index in [9.17, 15) is 0 Å². The van der Waals surface area contributed by atoms with Gasteiger partial charge in [0, 0.05) is 21.5 Å². The number of nitrogens with one attached hydrogen (secondary N) is 1. The summed E-state index contributed by atoms with van der Waals surface area (Å²) in [7, 11) is 0. The fourth-order valence-electron chi connectivity index (χ4n) is 2.63. The van der Waals surface area contributed by atoms with Crippen molar-refractivity contribution in [2.45, 2.75) is 52.1 Å². The van der Waals surface area contributed by atoms with Crippen LogP contribution in [0.25, 0.3) is 11.0 Å². The number of rotatable bonds is 4. The van der Waals surface area contributed by atoms with Gasteiger partial charge >= 0.3 is 0 Å². The molecule has 3 heteroatoms. The first-order valence-corrected chi connectivity index (χ1v) is 7.81. The summed E-state index contributed by atoms with van der Waals surface area (Å²) in [5.74, 6) is 1.57. The highest BCUT2D eigenvalue weighted by Gasteiger charge is 2.24. The van der Waals surface area contributed by atoms with Crippen LogP contribution in [0, 0.1) is 6.92 Å². The zero-order valence-corrected chi connectivity index (χ0v) is 13.3. The Hall–Kier alpha value is -0.800. The van der Waals surface area contributed by atoms with Gasteiger partial charge in [0.05, 0.1) is 6.54 Å². The van der Waals surface area contributed by atoms with E-state index in [0.29, 0.717) is 12.0 Å². The summed E-state index contributed by atoms with van der Waals surface area (Å²) < 4.78 is 7.30. The molecule has 1 heterocycles. The lowest BCUT2D eigenvalue weighted by molar-refractivity contribution is 0.502. The molecule has 1 fully saturated rings. The molecule has 1 aliphatic rings. The summed E-state index contributed by atoms with van der Waals surface area (Å²) in [4.78, 5) is 0. The molecule has 1 N–H and O–H groups in total. The normalized spacial score (nSPS) is 15.6. The van der Waals surface area contributed by atoms with E-state index in [0.717, 1.165) is 22.4 Å². The predicted molar refractivity (Wildman–Crippen MR) is 82.6 cm³/mol. The van der Waals surface area contributed by atoms with E-state index in [4.69, 9.17) is 4.42 Å². The molecule has 1 aromatic heterocycles. The van der Waals surface area contributed by atoms with Gasteiger partial charge in [0.2, 0.25) is 0 Å². The van der Waals surface area contributed by atoms with Gasteiger partial charge in [-0.1, -0.05) is 35.8 Å². The summed E-state index contributed by atoms with van der Waals surface area (Å²) in [5.41, 5.74) is 3.59. The Kier molecular flexibility index (Phi) is 3.44. The molecule has 0 spiro atoms. The second-order valence-corrected chi connectivity index (χ2v) is 6.67. The molecule has 0 atom stereocenters. The Labute approximate surface area is 122 Å². The monoisotopic (exact) mass is 321 g/mol. The molecular formula is C16H20BrNO. The first-order chi connectivity index (χ1) is 9.08. The van der Waals surface area contributed by atoms with Crippen molar-refractivity contribution in [3.05, 3.63) is 33.5 Å².